The van der Waals surface area contributed by atoms with Gasteiger partial charge < -0.3 is 15.3 Å². The average molecular weight is 387 g/mol. The van der Waals surface area contributed by atoms with E-state index in [0.29, 0.717) is 19.0 Å². The van der Waals surface area contributed by atoms with Crippen molar-refractivity contribution in [3.8, 4) is 0 Å². The van der Waals surface area contributed by atoms with E-state index in [2.05, 4.69) is 12.2 Å². The summed E-state index contributed by atoms with van der Waals surface area (Å²) in [5, 5.41) is 12.3. The Morgan fingerprint density at radius 3 is 2.48 bits per heavy atom. The average Bonchev–Trinajstić information content (AvgIpc) is 3.18. The third-order valence-electron chi connectivity index (χ3n) is 5.20. The van der Waals surface area contributed by atoms with Crippen LogP contribution < -0.4 is 5.32 Å². The first kappa shape index (κ1) is 19.4. The normalized spacial score (nSPS) is 16.1. The Bertz CT molecular complexity index is 767. The lowest BCUT2D eigenvalue weighted by Gasteiger charge is -2.32. The van der Waals surface area contributed by atoms with Gasteiger partial charge in [0.2, 0.25) is 0 Å². The summed E-state index contributed by atoms with van der Waals surface area (Å²) < 4.78 is 0. The fourth-order valence-corrected chi connectivity index (χ4v) is 4.43. The number of likely N-dealkylation sites (tertiary alicyclic amines) is 1. The number of benzene rings is 1. The zero-order valence-electron chi connectivity index (χ0n) is 15.6. The van der Waals surface area contributed by atoms with Crippen LogP contribution in [0.3, 0.4) is 0 Å². The van der Waals surface area contributed by atoms with Crippen molar-refractivity contribution in [1.29, 1.82) is 0 Å². The van der Waals surface area contributed by atoms with E-state index < -0.39 is 6.09 Å². The minimum Gasteiger partial charge on any atom is -0.465 e. The second-order valence-corrected chi connectivity index (χ2v) is 8.17. The van der Waals surface area contributed by atoms with Crippen molar-refractivity contribution < 1.29 is 14.7 Å². The molecule has 2 aromatic rings. The Morgan fingerprint density at radius 2 is 1.89 bits per heavy atom. The van der Waals surface area contributed by atoms with Crippen molar-refractivity contribution in [2.45, 2.75) is 38.6 Å². The van der Waals surface area contributed by atoms with E-state index in [-0.39, 0.29) is 11.9 Å². The molecule has 2 heterocycles. The van der Waals surface area contributed by atoms with E-state index in [1.807, 2.05) is 42.5 Å². The summed E-state index contributed by atoms with van der Waals surface area (Å²) >= 11 is 1.54. The minimum absolute atomic E-state index is 0.0310. The van der Waals surface area contributed by atoms with Gasteiger partial charge in [-0.2, -0.15) is 0 Å². The molecule has 1 aromatic heterocycles. The highest BCUT2D eigenvalue weighted by Gasteiger charge is 2.26. The molecule has 1 aromatic carbocycles. The van der Waals surface area contributed by atoms with Crippen LogP contribution in [0.2, 0.25) is 0 Å². The number of thiophene rings is 1. The van der Waals surface area contributed by atoms with Gasteiger partial charge in [0, 0.05) is 18.0 Å². The van der Waals surface area contributed by atoms with Gasteiger partial charge in [-0.15, -0.1) is 11.3 Å². The molecule has 1 aliphatic rings. The SMILES string of the molecule is CCc1ccc(C(=O)N[C@@H](CC2CCN(C(=O)O)CC2)c2ccccc2)s1. The summed E-state index contributed by atoms with van der Waals surface area (Å²) in [6, 6.07) is 13.9. The number of nitrogens with one attached hydrogen (secondary N) is 1. The van der Waals surface area contributed by atoms with Gasteiger partial charge in [0.15, 0.2) is 0 Å². The third-order valence-corrected chi connectivity index (χ3v) is 6.42. The number of aryl methyl sites for hydroxylation is 1. The topological polar surface area (TPSA) is 69.6 Å². The Hall–Kier alpha value is -2.34. The number of hydrogen-bond donors (Lipinski definition) is 2. The Balaban J connectivity index is 1.68. The highest BCUT2D eigenvalue weighted by atomic mass is 32.1. The molecule has 0 unspecified atom stereocenters. The van der Waals surface area contributed by atoms with E-state index in [1.54, 1.807) is 11.3 Å². The maximum Gasteiger partial charge on any atom is 0.407 e. The van der Waals surface area contributed by atoms with Gasteiger partial charge >= 0.3 is 6.09 Å². The summed E-state index contributed by atoms with van der Waals surface area (Å²) in [6.07, 6.45) is 2.60. The molecule has 2 N–H and O–H groups in total. The molecule has 1 aliphatic heterocycles. The molecule has 6 heteroatoms. The largest absolute Gasteiger partial charge is 0.465 e. The predicted molar refractivity (Wildman–Crippen MR) is 107 cm³/mol. The van der Waals surface area contributed by atoms with Gasteiger partial charge in [-0.25, -0.2) is 4.79 Å². The molecular weight excluding hydrogens is 360 g/mol. The van der Waals surface area contributed by atoms with Crippen molar-refractivity contribution in [3.05, 3.63) is 57.8 Å². The van der Waals surface area contributed by atoms with Crippen LogP contribution in [0.15, 0.2) is 42.5 Å². The van der Waals surface area contributed by atoms with Crippen LogP contribution in [-0.2, 0) is 6.42 Å². The van der Waals surface area contributed by atoms with Gasteiger partial charge in [-0.3, -0.25) is 4.79 Å². The second-order valence-electron chi connectivity index (χ2n) is 7.00. The fraction of sp³-hybridized carbons (Fsp3) is 0.429. The molecule has 0 bridgehead atoms. The van der Waals surface area contributed by atoms with E-state index in [0.717, 1.165) is 36.1 Å². The molecule has 27 heavy (non-hydrogen) atoms. The summed E-state index contributed by atoms with van der Waals surface area (Å²) in [5.74, 6) is 0.372. The molecule has 0 radical (unpaired) electrons. The summed E-state index contributed by atoms with van der Waals surface area (Å²) in [7, 11) is 0. The summed E-state index contributed by atoms with van der Waals surface area (Å²) in [5.41, 5.74) is 1.10. The van der Waals surface area contributed by atoms with Crippen molar-refractivity contribution in [1.82, 2.24) is 10.2 Å². The van der Waals surface area contributed by atoms with Gasteiger partial charge in [-0.05, 0) is 49.3 Å². The monoisotopic (exact) mass is 386 g/mol. The van der Waals surface area contributed by atoms with Crippen LogP contribution in [0.25, 0.3) is 0 Å². The van der Waals surface area contributed by atoms with Crippen LogP contribution in [0.4, 0.5) is 4.79 Å². The van der Waals surface area contributed by atoms with Gasteiger partial charge in [0.05, 0.1) is 10.9 Å². The first-order valence-corrected chi connectivity index (χ1v) is 10.3. The van der Waals surface area contributed by atoms with E-state index in [9.17, 15) is 9.59 Å². The summed E-state index contributed by atoms with van der Waals surface area (Å²) in [4.78, 5) is 27.3. The number of piperidine rings is 1. The maximum atomic E-state index is 12.8. The highest BCUT2D eigenvalue weighted by Crippen LogP contribution is 2.29. The standard InChI is InChI=1S/C21H26N2O3S/c1-2-17-8-9-19(27-17)20(24)22-18(16-6-4-3-5-7-16)14-15-10-12-23(13-11-15)21(25)26/h3-9,15,18H,2,10-14H2,1H3,(H,22,24)(H,25,26)/t18-/m0/s1. The summed E-state index contributed by atoms with van der Waals surface area (Å²) in [6.45, 7) is 3.23. The molecule has 0 aliphatic carbocycles. The quantitative estimate of drug-likeness (QED) is 0.764. The van der Waals surface area contributed by atoms with Crippen molar-refractivity contribution in [2.24, 2.45) is 5.92 Å². The number of carboxylic acid groups (broad SMARTS) is 1. The predicted octanol–water partition coefficient (Wildman–Crippen LogP) is 4.56. The van der Waals surface area contributed by atoms with Crippen LogP contribution in [0, 0.1) is 5.92 Å². The van der Waals surface area contributed by atoms with Crippen molar-refractivity contribution in [3.63, 3.8) is 0 Å². The van der Waals surface area contributed by atoms with Crippen LogP contribution >= 0.6 is 11.3 Å². The minimum atomic E-state index is -0.842. The number of rotatable bonds is 6. The molecule has 1 saturated heterocycles. The molecule has 0 saturated carbocycles. The van der Waals surface area contributed by atoms with Crippen LogP contribution in [0.1, 0.15) is 52.3 Å². The lowest BCUT2D eigenvalue weighted by atomic mass is 9.87. The Kier molecular flexibility index (Phi) is 6.50. The first-order valence-electron chi connectivity index (χ1n) is 9.49. The number of amides is 2. The Morgan fingerprint density at radius 1 is 1.19 bits per heavy atom. The number of carbonyl (C=O) groups excluding carboxylic acids is 1. The molecular formula is C21H26N2O3S. The molecule has 0 spiro atoms. The molecule has 1 atom stereocenters. The second kappa shape index (κ2) is 9.04. The lowest BCUT2D eigenvalue weighted by Crippen LogP contribution is -2.39. The van der Waals surface area contributed by atoms with E-state index >= 15 is 0 Å². The molecule has 2 amide bonds. The molecule has 1 fully saturated rings. The maximum absolute atomic E-state index is 12.8. The van der Waals surface area contributed by atoms with Crippen LogP contribution in [0.5, 0.6) is 0 Å². The number of nitrogens with zero attached hydrogens (tertiary/aromatic N) is 1. The fourth-order valence-electron chi connectivity index (χ4n) is 3.58. The number of hydrogen-bond acceptors (Lipinski definition) is 3. The van der Waals surface area contributed by atoms with Gasteiger partial charge in [0.25, 0.3) is 5.91 Å². The zero-order valence-corrected chi connectivity index (χ0v) is 16.4. The third kappa shape index (κ3) is 5.10. The van der Waals surface area contributed by atoms with Crippen molar-refractivity contribution in [2.75, 3.05) is 13.1 Å². The lowest BCUT2D eigenvalue weighted by molar-refractivity contribution is 0.0926. The molecule has 3 rings (SSSR count). The van der Waals surface area contributed by atoms with Gasteiger partial charge in [0.1, 0.15) is 0 Å². The Labute approximate surface area is 164 Å². The van der Waals surface area contributed by atoms with Crippen LogP contribution in [-0.4, -0.2) is 35.1 Å². The zero-order chi connectivity index (χ0) is 19.2. The first-order chi connectivity index (χ1) is 13.1. The van der Waals surface area contributed by atoms with Gasteiger partial charge in [-0.1, -0.05) is 37.3 Å². The molecule has 5 nitrogen and oxygen atoms in total. The van der Waals surface area contributed by atoms with Crippen molar-refractivity contribution >= 4 is 23.3 Å². The smallest absolute Gasteiger partial charge is 0.407 e. The number of carbonyl (C=O) groups is 2. The molecule has 144 valence electrons. The highest BCUT2D eigenvalue weighted by molar-refractivity contribution is 7.14. The van der Waals surface area contributed by atoms with E-state index in [4.69, 9.17) is 5.11 Å². The van der Waals surface area contributed by atoms with E-state index in [1.165, 1.54) is 9.78 Å².